The zero-order valence-corrected chi connectivity index (χ0v) is 11.8. The van der Waals surface area contributed by atoms with Gasteiger partial charge in [-0.2, -0.15) is 0 Å². The van der Waals surface area contributed by atoms with Crippen molar-refractivity contribution in [2.75, 3.05) is 0 Å². The number of hydrogen-bond acceptors (Lipinski definition) is 2. The smallest absolute Gasteiger partial charge is 0.135 e. The number of ether oxygens (including phenoxy) is 1. The van der Waals surface area contributed by atoms with Crippen LogP contribution in [0.4, 0.5) is 0 Å². The van der Waals surface area contributed by atoms with Crippen molar-refractivity contribution in [2.45, 2.75) is 64.1 Å². The van der Waals surface area contributed by atoms with Gasteiger partial charge in [-0.15, -0.1) is 0 Å². The first-order chi connectivity index (χ1) is 9.28. The van der Waals surface area contributed by atoms with Crippen LogP contribution in [0.1, 0.15) is 51.0 Å². The number of carbonyl (C=O) groups excluding carboxylic acids is 1. The highest BCUT2D eigenvalue weighted by Gasteiger charge is 2.23. The zero-order chi connectivity index (χ0) is 13.5. The number of Topliss-reactive ketones (excluding diaryl/α,β-unsaturated/α-hetero) is 1. The Morgan fingerprint density at radius 2 is 1.95 bits per heavy atom. The molecule has 0 saturated carbocycles. The molecule has 0 unspecified atom stereocenters. The van der Waals surface area contributed by atoms with Crippen LogP contribution in [0.3, 0.4) is 0 Å². The highest BCUT2D eigenvalue weighted by molar-refractivity contribution is 5.79. The molecular weight excluding hydrogens is 236 g/mol. The Kier molecular flexibility index (Phi) is 5.59. The summed E-state index contributed by atoms with van der Waals surface area (Å²) in [6.45, 7) is 2.15. The molecule has 2 nitrogen and oxygen atoms in total. The van der Waals surface area contributed by atoms with E-state index in [1.54, 1.807) is 0 Å². The van der Waals surface area contributed by atoms with Crippen LogP contribution in [-0.2, 0) is 16.0 Å². The predicted molar refractivity (Wildman–Crippen MR) is 77.2 cm³/mol. The lowest BCUT2D eigenvalue weighted by Gasteiger charge is -2.21. The van der Waals surface area contributed by atoms with Gasteiger partial charge in [0, 0.05) is 12.8 Å². The minimum absolute atomic E-state index is 0.153. The van der Waals surface area contributed by atoms with Gasteiger partial charge in [-0.3, -0.25) is 4.79 Å². The van der Waals surface area contributed by atoms with Crippen molar-refractivity contribution < 1.29 is 9.53 Å². The topological polar surface area (TPSA) is 26.3 Å². The first-order valence-electron chi connectivity index (χ1n) is 7.49. The van der Waals surface area contributed by atoms with Crippen LogP contribution in [0.5, 0.6) is 0 Å². The minimum atomic E-state index is 0.153. The summed E-state index contributed by atoms with van der Waals surface area (Å²) in [5, 5.41) is 0. The lowest BCUT2D eigenvalue weighted by molar-refractivity contribution is -0.120. The Balaban J connectivity index is 1.86. The van der Waals surface area contributed by atoms with E-state index in [1.165, 1.54) is 5.56 Å². The lowest BCUT2D eigenvalue weighted by atomic mass is 10.0. The van der Waals surface area contributed by atoms with Gasteiger partial charge >= 0.3 is 0 Å². The summed E-state index contributed by atoms with van der Waals surface area (Å²) < 4.78 is 6.12. The van der Waals surface area contributed by atoms with Gasteiger partial charge in [0.2, 0.25) is 0 Å². The van der Waals surface area contributed by atoms with Crippen LogP contribution in [-0.4, -0.2) is 18.0 Å². The number of ketones is 1. The number of benzene rings is 1. The first kappa shape index (κ1) is 14.3. The molecule has 2 atom stereocenters. The van der Waals surface area contributed by atoms with E-state index < -0.39 is 0 Å². The Hall–Kier alpha value is -1.15. The van der Waals surface area contributed by atoms with E-state index in [0.717, 1.165) is 32.1 Å². The fourth-order valence-corrected chi connectivity index (χ4v) is 2.74. The maximum absolute atomic E-state index is 11.7. The summed E-state index contributed by atoms with van der Waals surface area (Å²) in [5.41, 5.74) is 1.36. The molecule has 2 rings (SSSR count). The Labute approximate surface area is 116 Å². The molecule has 0 aliphatic carbocycles. The van der Waals surface area contributed by atoms with E-state index in [0.29, 0.717) is 18.6 Å². The highest BCUT2D eigenvalue weighted by Crippen LogP contribution is 2.22. The molecule has 1 aliphatic heterocycles. The van der Waals surface area contributed by atoms with Crippen LogP contribution < -0.4 is 0 Å². The van der Waals surface area contributed by atoms with E-state index in [9.17, 15) is 4.79 Å². The molecule has 0 bridgehead atoms. The third-order valence-corrected chi connectivity index (χ3v) is 3.79. The largest absolute Gasteiger partial charge is 0.375 e. The minimum Gasteiger partial charge on any atom is -0.375 e. The maximum Gasteiger partial charge on any atom is 0.135 e. The van der Waals surface area contributed by atoms with E-state index in [2.05, 4.69) is 31.2 Å². The SMILES string of the molecule is CCC[C@H]1CC(=O)CC[C@@H](CCc2ccccc2)O1. The van der Waals surface area contributed by atoms with Gasteiger partial charge in [0.1, 0.15) is 5.78 Å². The second kappa shape index (κ2) is 7.44. The Morgan fingerprint density at radius 3 is 2.68 bits per heavy atom. The zero-order valence-electron chi connectivity index (χ0n) is 11.8. The molecule has 1 aromatic carbocycles. The molecule has 1 fully saturated rings. The van der Waals surface area contributed by atoms with Crippen LogP contribution in [0.15, 0.2) is 30.3 Å². The van der Waals surface area contributed by atoms with Gasteiger partial charge in [0.25, 0.3) is 0 Å². The molecule has 0 N–H and O–H groups in total. The van der Waals surface area contributed by atoms with Gasteiger partial charge in [-0.05, 0) is 31.2 Å². The van der Waals surface area contributed by atoms with E-state index in [4.69, 9.17) is 4.74 Å². The number of carbonyl (C=O) groups is 1. The number of rotatable bonds is 5. The molecule has 1 aliphatic rings. The van der Waals surface area contributed by atoms with E-state index >= 15 is 0 Å². The molecule has 104 valence electrons. The second-order valence-electron chi connectivity index (χ2n) is 5.47. The predicted octanol–water partition coefficient (Wildman–Crippen LogP) is 3.93. The third-order valence-electron chi connectivity index (χ3n) is 3.79. The first-order valence-corrected chi connectivity index (χ1v) is 7.49. The molecular formula is C17H24O2. The molecule has 1 saturated heterocycles. The third kappa shape index (κ3) is 4.79. The number of aryl methyl sites for hydroxylation is 1. The summed E-state index contributed by atoms with van der Waals surface area (Å²) in [5.74, 6) is 0.376. The van der Waals surface area contributed by atoms with Gasteiger partial charge in [-0.1, -0.05) is 43.7 Å². The lowest BCUT2D eigenvalue weighted by Crippen LogP contribution is -2.21. The quantitative estimate of drug-likeness (QED) is 0.802. The van der Waals surface area contributed by atoms with Gasteiger partial charge in [0.05, 0.1) is 12.2 Å². The second-order valence-corrected chi connectivity index (χ2v) is 5.47. The van der Waals surface area contributed by atoms with Crippen molar-refractivity contribution in [3.63, 3.8) is 0 Å². The van der Waals surface area contributed by atoms with Crippen molar-refractivity contribution in [3.8, 4) is 0 Å². The van der Waals surface area contributed by atoms with E-state index in [-0.39, 0.29) is 12.2 Å². The maximum atomic E-state index is 11.7. The number of hydrogen-bond donors (Lipinski definition) is 0. The summed E-state index contributed by atoms with van der Waals surface area (Å²) in [6.07, 6.45) is 6.78. The average Bonchev–Trinajstić information content (AvgIpc) is 2.60. The van der Waals surface area contributed by atoms with Gasteiger partial charge < -0.3 is 4.74 Å². The Bertz CT molecular complexity index is 386. The van der Waals surface area contributed by atoms with Gasteiger partial charge in [0.15, 0.2) is 0 Å². The van der Waals surface area contributed by atoms with Crippen LogP contribution >= 0.6 is 0 Å². The van der Waals surface area contributed by atoms with Gasteiger partial charge in [-0.25, -0.2) is 0 Å². The molecule has 2 heteroatoms. The fourth-order valence-electron chi connectivity index (χ4n) is 2.74. The summed E-state index contributed by atoms with van der Waals surface area (Å²) >= 11 is 0. The summed E-state index contributed by atoms with van der Waals surface area (Å²) in [7, 11) is 0. The monoisotopic (exact) mass is 260 g/mol. The van der Waals surface area contributed by atoms with Crippen molar-refractivity contribution in [1.29, 1.82) is 0 Å². The Morgan fingerprint density at radius 1 is 1.16 bits per heavy atom. The van der Waals surface area contributed by atoms with E-state index in [1.807, 2.05) is 6.07 Å². The molecule has 0 aromatic heterocycles. The average molecular weight is 260 g/mol. The normalized spacial score (nSPS) is 24.2. The van der Waals surface area contributed by atoms with Crippen molar-refractivity contribution in [3.05, 3.63) is 35.9 Å². The van der Waals surface area contributed by atoms with Crippen LogP contribution in [0, 0.1) is 0 Å². The standard InChI is InChI=1S/C17H24O2/c1-2-6-17-13-15(18)10-12-16(19-17)11-9-14-7-4-3-5-8-14/h3-5,7-8,16-17H,2,6,9-13H2,1H3/t16-,17+/m1/s1. The van der Waals surface area contributed by atoms with Crippen molar-refractivity contribution >= 4 is 5.78 Å². The fraction of sp³-hybridized carbons (Fsp3) is 0.588. The van der Waals surface area contributed by atoms with Crippen molar-refractivity contribution in [1.82, 2.24) is 0 Å². The molecule has 1 aromatic rings. The van der Waals surface area contributed by atoms with Crippen LogP contribution in [0.25, 0.3) is 0 Å². The van der Waals surface area contributed by atoms with Crippen LogP contribution in [0.2, 0.25) is 0 Å². The highest BCUT2D eigenvalue weighted by atomic mass is 16.5. The van der Waals surface area contributed by atoms with Crippen molar-refractivity contribution in [2.24, 2.45) is 0 Å². The summed E-state index contributed by atoms with van der Waals surface area (Å²) in [4.78, 5) is 11.7. The molecule has 0 amide bonds. The molecule has 1 heterocycles. The molecule has 19 heavy (non-hydrogen) atoms. The summed E-state index contributed by atoms with van der Waals surface area (Å²) in [6, 6.07) is 10.5. The molecule has 0 radical (unpaired) electrons. The molecule has 0 spiro atoms.